The van der Waals surface area contributed by atoms with E-state index in [4.69, 9.17) is 0 Å². The molecular weight excluding hydrogens is 308 g/mol. The molecule has 3 rings (SSSR count). The number of Topliss-reactive ketones (excluding diaryl/α,β-unsaturated/α-hetero) is 1. The Bertz CT molecular complexity index is 622. The number of benzene rings is 1. The van der Waals surface area contributed by atoms with Crippen molar-refractivity contribution >= 4 is 39.0 Å². The largest absolute Gasteiger partial charge is 0.366 e. The molecule has 1 N–H and O–H groups in total. The third kappa shape index (κ3) is 2.08. The van der Waals surface area contributed by atoms with Crippen LogP contribution in [-0.4, -0.2) is 24.8 Å². The van der Waals surface area contributed by atoms with E-state index in [1.54, 1.807) is 6.07 Å². The minimum Gasteiger partial charge on any atom is -0.366 e. The third-order valence-electron chi connectivity index (χ3n) is 3.46. The van der Waals surface area contributed by atoms with Crippen LogP contribution in [0, 0.1) is 0 Å². The highest BCUT2D eigenvalue weighted by Gasteiger charge is 2.29. The number of nitrogens with one attached hydrogen (secondary N) is 1. The van der Waals surface area contributed by atoms with Gasteiger partial charge in [-0.1, -0.05) is 11.6 Å². The van der Waals surface area contributed by atoms with Crippen molar-refractivity contribution in [3.05, 3.63) is 33.8 Å². The van der Waals surface area contributed by atoms with E-state index in [9.17, 15) is 9.59 Å². The molecule has 0 saturated heterocycles. The smallest absolute Gasteiger partial charge is 0.296 e. The van der Waals surface area contributed by atoms with E-state index in [0.717, 1.165) is 29.7 Å². The van der Waals surface area contributed by atoms with Crippen LogP contribution in [0.5, 0.6) is 0 Å². The van der Waals surface area contributed by atoms with Gasteiger partial charge >= 0.3 is 0 Å². The molecule has 0 fully saturated rings. The Balaban J connectivity index is 2.01. The SMILES string of the molecule is CC1=CCCN(c2cc3c(cc2Br)C(=O)C(=O)N3)C1. The molecule has 1 amide bonds. The summed E-state index contributed by atoms with van der Waals surface area (Å²) in [7, 11) is 0. The number of hydrogen-bond acceptors (Lipinski definition) is 3. The lowest BCUT2D eigenvalue weighted by Crippen LogP contribution is -2.29. The minimum atomic E-state index is -0.547. The van der Waals surface area contributed by atoms with Gasteiger partial charge in [-0.3, -0.25) is 9.59 Å². The summed E-state index contributed by atoms with van der Waals surface area (Å²) in [6.45, 7) is 3.93. The molecule has 19 heavy (non-hydrogen) atoms. The summed E-state index contributed by atoms with van der Waals surface area (Å²) in [6, 6.07) is 3.61. The van der Waals surface area contributed by atoms with Crippen molar-refractivity contribution in [3.63, 3.8) is 0 Å². The van der Waals surface area contributed by atoms with Gasteiger partial charge < -0.3 is 10.2 Å². The number of nitrogens with zero attached hydrogens (tertiary/aromatic N) is 1. The number of rotatable bonds is 1. The minimum absolute atomic E-state index is 0.449. The fourth-order valence-electron chi connectivity index (χ4n) is 2.51. The first-order valence-corrected chi connectivity index (χ1v) is 6.95. The highest BCUT2D eigenvalue weighted by molar-refractivity contribution is 9.10. The molecule has 0 unspecified atom stereocenters. The summed E-state index contributed by atoms with van der Waals surface area (Å²) >= 11 is 3.50. The summed E-state index contributed by atoms with van der Waals surface area (Å²) in [5.41, 5.74) is 3.41. The Morgan fingerprint density at radius 2 is 2.11 bits per heavy atom. The number of fused-ring (bicyclic) bond motifs is 1. The van der Waals surface area contributed by atoms with Gasteiger partial charge in [-0.05, 0) is 41.4 Å². The van der Waals surface area contributed by atoms with E-state index in [1.165, 1.54) is 5.57 Å². The van der Waals surface area contributed by atoms with Crippen LogP contribution in [-0.2, 0) is 4.79 Å². The second-order valence-corrected chi connectivity index (χ2v) is 5.75. The molecule has 0 saturated carbocycles. The summed E-state index contributed by atoms with van der Waals surface area (Å²) in [6.07, 6.45) is 3.25. The van der Waals surface area contributed by atoms with Gasteiger partial charge in [-0.25, -0.2) is 0 Å². The lowest BCUT2D eigenvalue weighted by molar-refractivity contribution is -0.112. The molecule has 5 heteroatoms. The van der Waals surface area contributed by atoms with Crippen LogP contribution in [0.4, 0.5) is 11.4 Å². The van der Waals surface area contributed by atoms with Gasteiger partial charge in [-0.2, -0.15) is 0 Å². The lowest BCUT2D eigenvalue weighted by atomic mass is 10.1. The van der Waals surface area contributed by atoms with Crippen molar-refractivity contribution in [2.45, 2.75) is 13.3 Å². The molecule has 0 bridgehead atoms. The molecule has 0 atom stereocenters. The van der Waals surface area contributed by atoms with Crippen LogP contribution in [0.15, 0.2) is 28.3 Å². The van der Waals surface area contributed by atoms with Gasteiger partial charge in [0, 0.05) is 17.6 Å². The predicted molar refractivity (Wildman–Crippen MR) is 77.7 cm³/mol. The van der Waals surface area contributed by atoms with Gasteiger partial charge in [0.2, 0.25) is 0 Å². The molecule has 98 valence electrons. The number of anilines is 2. The van der Waals surface area contributed by atoms with Crippen molar-refractivity contribution in [2.24, 2.45) is 0 Å². The van der Waals surface area contributed by atoms with Gasteiger partial charge in [0.15, 0.2) is 0 Å². The zero-order valence-electron chi connectivity index (χ0n) is 10.5. The summed E-state index contributed by atoms with van der Waals surface area (Å²) in [5, 5.41) is 2.61. The molecule has 0 radical (unpaired) electrons. The molecule has 0 spiro atoms. The van der Waals surface area contributed by atoms with Gasteiger partial charge in [0.05, 0.1) is 16.9 Å². The number of carbonyl (C=O) groups excluding carboxylic acids is 2. The Morgan fingerprint density at radius 3 is 2.84 bits per heavy atom. The maximum absolute atomic E-state index is 11.6. The van der Waals surface area contributed by atoms with Crippen LogP contribution < -0.4 is 10.2 Å². The average molecular weight is 321 g/mol. The number of hydrogen-bond donors (Lipinski definition) is 1. The van der Waals surface area contributed by atoms with Crippen molar-refractivity contribution in [3.8, 4) is 0 Å². The lowest BCUT2D eigenvalue weighted by Gasteiger charge is -2.29. The Labute approximate surface area is 119 Å². The fourth-order valence-corrected chi connectivity index (χ4v) is 3.11. The molecule has 1 aromatic rings. The highest BCUT2D eigenvalue weighted by atomic mass is 79.9. The molecule has 4 nitrogen and oxygen atoms in total. The molecular formula is C14H13BrN2O2. The Kier molecular flexibility index (Phi) is 2.93. The van der Waals surface area contributed by atoms with E-state index in [0.29, 0.717) is 11.3 Å². The molecule has 2 heterocycles. The van der Waals surface area contributed by atoms with Crippen LogP contribution in [0.2, 0.25) is 0 Å². The fraction of sp³-hybridized carbons (Fsp3) is 0.286. The zero-order valence-corrected chi connectivity index (χ0v) is 12.1. The van der Waals surface area contributed by atoms with Gasteiger partial charge in [0.1, 0.15) is 0 Å². The van der Waals surface area contributed by atoms with Crippen molar-refractivity contribution in [1.82, 2.24) is 0 Å². The Morgan fingerprint density at radius 1 is 1.32 bits per heavy atom. The number of amides is 1. The normalized spacial score (nSPS) is 18.2. The first-order chi connectivity index (χ1) is 9.06. The maximum Gasteiger partial charge on any atom is 0.296 e. The molecule has 1 aromatic carbocycles. The monoisotopic (exact) mass is 320 g/mol. The number of ketones is 1. The maximum atomic E-state index is 11.6. The number of carbonyl (C=O) groups is 2. The second kappa shape index (κ2) is 4.49. The first kappa shape index (κ1) is 12.4. The third-order valence-corrected chi connectivity index (χ3v) is 4.09. The average Bonchev–Trinajstić information content (AvgIpc) is 2.65. The Hall–Kier alpha value is -1.62. The standard InChI is InChI=1S/C14H13BrN2O2/c1-8-3-2-4-17(7-8)12-6-11-9(5-10(12)15)13(18)14(19)16-11/h3,5-6H,2,4,7H2,1H3,(H,16,18,19). The van der Waals surface area contributed by atoms with E-state index in [2.05, 4.69) is 39.1 Å². The van der Waals surface area contributed by atoms with Crippen LogP contribution in [0.25, 0.3) is 0 Å². The predicted octanol–water partition coefficient (Wildman–Crippen LogP) is 2.74. The number of halogens is 1. The van der Waals surface area contributed by atoms with Crippen LogP contribution in [0.3, 0.4) is 0 Å². The van der Waals surface area contributed by atoms with Gasteiger partial charge in [-0.15, -0.1) is 0 Å². The second-order valence-electron chi connectivity index (χ2n) is 4.89. The molecule has 0 aliphatic carbocycles. The van der Waals surface area contributed by atoms with Crippen molar-refractivity contribution in [2.75, 3.05) is 23.3 Å². The van der Waals surface area contributed by atoms with Crippen LogP contribution >= 0.6 is 15.9 Å². The molecule has 2 aliphatic heterocycles. The molecule has 0 aromatic heterocycles. The van der Waals surface area contributed by atoms with Gasteiger partial charge in [0.25, 0.3) is 11.7 Å². The summed E-state index contributed by atoms with van der Waals surface area (Å²) in [4.78, 5) is 25.3. The molecule has 2 aliphatic rings. The summed E-state index contributed by atoms with van der Waals surface area (Å²) < 4.78 is 0.853. The van der Waals surface area contributed by atoms with Crippen molar-refractivity contribution < 1.29 is 9.59 Å². The topological polar surface area (TPSA) is 49.4 Å². The zero-order chi connectivity index (χ0) is 13.6. The summed E-state index contributed by atoms with van der Waals surface area (Å²) in [5.74, 6) is -1.01. The highest BCUT2D eigenvalue weighted by Crippen LogP contribution is 2.36. The van der Waals surface area contributed by atoms with Crippen LogP contribution in [0.1, 0.15) is 23.7 Å². The quantitative estimate of drug-likeness (QED) is 0.639. The van der Waals surface area contributed by atoms with E-state index in [1.807, 2.05) is 6.07 Å². The van der Waals surface area contributed by atoms with E-state index in [-0.39, 0.29) is 0 Å². The van der Waals surface area contributed by atoms with Crippen molar-refractivity contribution in [1.29, 1.82) is 0 Å². The van der Waals surface area contributed by atoms with E-state index < -0.39 is 11.7 Å². The first-order valence-electron chi connectivity index (χ1n) is 6.16. The van der Waals surface area contributed by atoms with E-state index >= 15 is 0 Å².